The molecule has 1 rings (SSSR count). The number of halogens is 2. The van der Waals surface area contributed by atoms with Gasteiger partial charge in [0.2, 0.25) is 0 Å². The second-order valence-electron chi connectivity index (χ2n) is 3.08. The van der Waals surface area contributed by atoms with E-state index in [0.29, 0.717) is 5.02 Å². The molecule has 0 N–H and O–H groups in total. The summed E-state index contributed by atoms with van der Waals surface area (Å²) in [5.74, 6) is -0.0996. The van der Waals surface area contributed by atoms with Gasteiger partial charge in [0.05, 0.1) is 6.67 Å². The first kappa shape index (κ1) is 10.3. The van der Waals surface area contributed by atoms with E-state index in [2.05, 4.69) is 6.58 Å². The summed E-state index contributed by atoms with van der Waals surface area (Å²) in [6.45, 7) is 5.11. The molecule has 0 fully saturated rings. The highest BCUT2D eigenvalue weighted by Gasteiger charge is 2.06. The highest BCUT2D eigenvalue weighted by Crippen LogP contribution is 2.22. The summed E-state index contributed by atoms with van der Waals surface area (Å²) >= 11 is 5.86. The Bertz CT molecular complexity index is 307. The average Bonchev–Trinajstić information content (AvgIpc) is 2.15. The quantitative estimate of drug-likeness (QED) is 0.687. The SMILES string of the molecule is C=Cc1cc(Cl)cc(C(C)CF)c1. The Labute approximate surface area is 83.0 Å². The van der Waals surface area contributed by atoms with Gasteiger partial charge in [-0.1, -0.05) is 37.2 Å². The summed E-state index contributed by atoms with van der Waals surface area (Å²) in [5, 5.41) is 0.632. The standard InChI is InChI=1S/C11H12ClF/c1-3-9-4-10(8(2)7-13)6-11(12)5-9/h3-6,8H,1,7H2,2H3. The van der Waals surface area contributed by atoms with Gasteiger partial charge in [0, 0.05) is 10.9 Å². The van der Waals surface area contributed by atoms with Crippen LogP contribution in [0.5, 0.6) is 0 Å². The maximum absolute atomic E-state index is 12.4. The highest BCUT2D eigenvalue weighted by molar-refractivity contribution is 6.30. The Balaban J connectivity index is 3.07. The zero-order valence-electron chi connectivity index (χ0n) is 7.56. The molecule has 1 unspecified atom stereocenters. The van der Waals surface area contributed by atoms with E-state index in [4.69, 9.17) is 11.6 Å². The molecule has 0 spiro atoms. The van der Waals surface area contributed by atoms with Gasteiger partial charge in [-0.15, -0.1) is 0 Å². The predicted molar refractivity (Wildman–Crippen MR) is 55.9 cm³/mol. The molecule has 0 saturated heterocycles. The third-order valence-electron chi connectivity index (χ3n) is 1.98. The Morgan fingerprint density at radius 3 is 2.77 bits per heavy atom. The number of alkyl halides is 1. The molecule has 0 amide bonds. The monoisotopic (exact) mass is 198 g/mol. The molecule has 0 radical (unpaired) electrons. The fourth-order valence-corrected chi connectivity index (χ4v) is 1.38. The number of hydrogen-bond acceptors (Lipinski definition) is 0. The molecule has 2 heteroatoms. The van der Waals surface area contributed by atoms with Crippen LogP contribution in [0.1, 0.15) is 24.0 Å². The molecule has 0 aliphatic heterocycles. The minimum Gasteiger partial charge on any atom is -0.250 e. The molecular weight excluding hydrogens is 187 g/mol. The van der Waals surface area contributed by atoms with Crippen LogP contribution in [0.2, 0.25) is 5.02 Å². The van der Waals surface area contributed by atoms with Crippen molar-refractivity contribution >= 4 is 17.7 Å². The van der Waals surface area contributed by atoms with Crippen LogP contribution in [0.15, 0.2) is 24.8 Å². The molecule has 0 heterocycles. The van der Waals surface area contributed by atoms with Crippen LogP contribution in [-0.2, 0) is 0 Å². The lowest BCUT2D eigenvalue weighted by molar-refractivity contribution is 0.447. The molecule has 13 heavy (non-hydrogen) atoms. The van der Waals surface area contributed by atoms with Crippen molar-refractivity contribution in [3.05, 3.63) is 40.9 Å². The molecule has 0 aliphatic rings. The highest BCUT2D eigenvalue weighted by atomic mass is 35.5. The van der Waals surface area contributed by atoms with Crippen LogP contribution in [0.25, 0.3) is 6.08 Å². The molecule has 0 bridgehead atoms. The van der Waals surface area contributed by atoms with E-state index in [1.165, 1.54) is 0 Å². The molecule has 0 aromatic heterocycles. The van der Waals surface area contributed by atoms with E-state index in [1.807, 2.05) is 19.1 Å². The van der Waals surface area contributed by atoms with Gasteiger partial charge in [-0.05, 0) is 23.3 Å². The molecule has 1 aromatic rings. The summed E-state index contributed by atoms with van der Waals surface area (Å²) in [4.78, 5) is 0. The molecule has 70 valence electrons. The van der Waals surface area contributed by atoms with Gasteiger partial charge in [-0.2, -0.15) is 0 Å². The Morgan fingerprint density at radius 1 is 1.54 bits per heavy atom. The summed E-state index contributed by atoms with van der Waals surface area (Å²) in [5.41, 5.74) is 1.85. The second-order valence-corrected chi connectivity index (χ2v) is 3.51. The van der Waals surface area contributed by atoms with E-state index in [1.54, 1.807) is 12.1 Å². The molecule has 1 aromatic carbocycles. The summed E-state index contributed by atoms with van der Waals surface area (Å²) in [6.07, 6.45) is 1.71. The van der Waals surface area contributed by atoms with E-state index in [-0.39, 0.29) is 12.6 Å². The lowest BCUT2D eigenvalue weighted by Crippen LogP contribution is -1.95. The molecule has 0 nitrogen and oxygen atoms in total. The topological polar surface area (TPSA) is 0 Å². The maximum Gasteiger partial charge on any atom is 0.0960 e. The lowest BCUT2D eigenvalue weighted by atomic mass is 10.0. The Kier molecular flexibility index (Phi) is 3.49. The third-order valence-corrected chi connectivity index (χ3v) is 2.20. The van der Waals surface area contributed by atoms with Gasteiger partial charge in [-0.25, -0.2) is 0 Å². The van der Waals surface area contributed by atoms with Gasteiger partial charge in [0.25, 0.3) is 0 Å². The van der Waals surface area contributed by atoms with Crippen LogP contribution in [0.4, 0.5) is 4.39 Å². The van der Waals surface area contributed by atoms with E-state index in [9.17, 15) is 4.39 Å². The lowest BCUT2D eigenvalue weighted by Gasteiger charge is -2.08. The van der Waals surface area contributed by atoms with Crippen molar-refractivity contribution in [2.45, 2.75) is 12.8 Å². The van der Waals surface area contributed by atoms with Crippen molar-refractivity contribution < 1.29 is 4.39 Å². The fraction of sp³-hybridized carbons (Fsp3) is 0.273. The van der Waals surface area contributed by atoms with Crippen LogP contribution in [-0.4, -0.2) is 6.67 Å². The number of rotatable bonds is 3. The van der Waals surface area contributed by atoms with E-state index < -0.39 is 0 Å². The molecule has 0 aliphatic carbocycles. The van der Waals surface area contributed by atoms with Gasteiger partial charge in [-0.3, -0.25) is 4.39 Å². The van der Waals surface area contributed by atoms with Crippen LogP contribution < -0.4 is 0 Å². The van der Waals surface area contributed by atoms with Crippen LogP contribution in [0.3, 0.4) is 0 Å². The van der Waals surface area contributed by atoms with Crippen molar-refractivity contribution in [2.24, 2.45) is 0 Å². The number of benzene rings is 1. The smallest absolute Gasteiger partial charge is 0.0960 e. The van der Waals surface area contributed by atoms with E-state index >= 15 is 0 Å². The summed E-state index contributed by atoms with van der Waals surface area (Å²) < 4.78 is 12.4. The number of hydrogen-bond donors (Lipinski definition) is 0. The Morgan fingerprint density at radius 2 is 2.23 bits per heavy atom. The first-order chi connectivity index (χ1) is 6.17. The minimum absolute atomic E-state index is 0.0996. The van der Waals surface area contributed by atoms with Crippen molar-refractivity contribution in [3.8, 4) is 0 Å². The van der Waals surface area contributed by atoms with Crippen LogP contribution >= 0.6 is 11.6 Å². The maximum atomic E-state index is 12.4. The predicted octanol–water partition coefficient (Wildman–Crippen LogP) is 4.06. The van der Waals surface area contributed by atoms with Crippen molar-refractivity contribution in [2.75, 3.05) is 6.67 Å². The van der Waals surface area contributed by atoms with Crippen molar-refractivity contribution in [1.82, 2.24) is 0 Å². The zero-order valence-corrected chi connectivity index (χ0v) is 8.31. The molecule has 1 atom stereocenters. The van der Waals surface area contributed by atoms with Gasteiger partial charge < -0.3 is 0 Å². The van der Waals surface area contributed by atoms with Gasteiger partial charge in [0.1, 0.15) is 0 Å². The van der Waals surface area contributed by atoms with Gasteiger partial charge >= 0.3 is 0 Å². The average molecular weight is 199 g/mol. The second kappa shape index (κ2) is 4.43. The zero-order chi connectivity index (χ0) is 9.84. The first-order valence-electron chi connectivity index (χ1n) is 4.16. The van der Waals surface area contributed by atoms with Crippen molar-refractivity contribution in [1.29, 1.82) is 0 Å². The van der Waals surface area contributed by atoms with Crippen molar-refractivity contribution in [3.63, 3.8) is 0 Å². The third kappa shape index (κ3) is 2.56. The normalized spacial score (nSPS) is 12.5. The molecule has 0 saturated carbocycles. The summed E-state index contributed by atoms with van der Waals surface area (Å²) in [7, 11) is 0. The Hall–Kier alpha value is -0.820. The minimum atomic E-state index is -0.364. The fourth-order valence-electron chi connectivity index (χ4n) is 1.13. The summed E-state index contributed by atoms with van der Waals surface area (Å²) in [6, 6.07) is 5.50. The first-order valence-corrected chi connectivity index (χ1v) is 4.54. The van der Waals surface area contributed by atoms with Crippen LogP contribution in [0, 0.1) is 0 Å². The molecular formula is C11H12ClF. The van der Waals surface area contributed by atoms with E-state index in [0.717, 1.165) is 11.1 Å². The van der Waals surface area contributed by atoms with Gasteiger partial charge in [0.15, 0.2) is 0 Å². The largest absolute Gasteiger partial charge is 0.250 e.